The minimum Gasteiger partial charge on any atom is -0.380 e. The quantitative estimate of drug-likeness (QED) is 0.656. The first kappa shape index (κ1) is 15.2. The summed E-state index contributed by atoms with van der Waals surface area (Å²) in [5.74, 6) is 0. The van der Waals surface area contributed by atoms with Gasteiger partial charge in [-0.05, 0) is 18.6 Å². The standard InChI is InChI=1S/C14H18N4O3/c1-2-16-13-7-11(3-4-14(13)18(19)20)9-17-5-6-21-12(8-15)10-17/h3-4,7,12,16H,2,5-6,9-10H2,1H3. The van der Waals surface area contributed by atoms with Gasteiger partial charge in [0.2, 0.25) is 0 Å². The first-order valence-electron chi connectivity index (χ1n) is 6.88. The first-order valence-corrected chi connectivity index (χ1v) is 6.88. The third kappa shape index (κ3) is 3.90. The third-order valence-corrected chi connectivity index (χ3v) is 3.33. The number of ether oxygens (including phenoxy) is 1. The summed E-state index contributed by atoms with van der Waals surface area (Å²) in [4.78, 5) is 12.7. The van der Waals surface area contributed by atoms with Gasteiger partial charge in [-0.25, -0.2) is 0 Å². The van der Waals surface area contributed by atoms with Crippen molar-refractivity contribution >= 4 is 11.4 Å². The summed E-state index contributed by atoms with van der Waals surface area (Å²) in [6.45, 7) is 5.02. The van der Waals surface area contributed by atoms with Gasteiger partial charge in [-0.15, -0.1) is 0 Å². The van der Waals surface area contributed by atoms with Crippen molar-refractivity contribution in [1.82, 2.24) is 4.90 Å². The molecule has 1 unspecified atom stereocenters. The molecule has 21 heavy (non-hydrogen) atoms. The molecule has 0 spiro atoms. The fraction of sp³-hybridized carbons (Fsp3) is 0.500. The van der Waals surface area contributed by atoms with E-state index in [1.165, 1.54) is 6.07 Å². The predicted octanol–water partition coefficient (Wildman–Crippen LogP) is 1.75. The summed E-state index contributed by atoms with van der Waals surface area (Å²) in [6, 6.07) is 7.20. The van der Waals surface area contributed by atoms with E-state index in [0.29, 0.717) is 31.9 Å². The van der Waals surface area contributed by atoms with Crippen LogP contribution in [0.15, 0.2) is 18.2 Å². The van der Waals surface area contributed by atoms with Crippen LogP contribution in [0.2, 0.25) is 0 Å². The van der Waals surface area contributed by atoms with E-state index in [1.807, 2.05) is 6.92 Å². The van der Waals surface area contributed by atoms with Crippen molar-refractivity contribution in [3.63, 3.8) is 0 Å². The van der Waals surface area contributed by atoms with Crippen molar-refractivity contribution in [3.8, 4) is 6.07 Å². The van der Waals surface area contributed by atoms with E-state index in [1.54, 1.807) is 12.1 Å². The van der Waals surface area contributed by atoms with E-state index in [2.05, 4.69) is 16.3 Å². The Kier molecular flexibility index (Phi) is 5.09. The van der Waals surface area contributed by atoms with Crippen LogP contribution in [0.4, 0.5) is 11.4 Å². The molecule has 1 aliphatic heterocycles. The van der Waals surface area contributed by atoms with E-state index in [4.69, 9.17) is 10.00 Å². The van der Waals surface area contributed by atoms with Gasteiger partial charge in [0, 0.05) is 32.2 Å². The van der Waals surface area contributed by atoms with Gasteiger partial charge < -0.3 is 10.1 Å². The van der Waals surface area contributed by atoms with Crippen LogP contribution in [0.1, 0.15) is 12.5 Å². The monoisotopic (exact) mass is 290 g/mol. The Labute approximate surface area is 123 Å². The molecule has 0 bridgehead atoms. The number of hydrogen-bond acceptors (Lipinski definition) is 6. The fourth-order valence-corrected chi connectivity index (χ4v) is 2.36. The third-order valence-electron chi connectivity index (χ3n) is 3.33. The molecule has 1 aromatic carbocycles. The summed E-state index contributed by atoms with van der Waals surface area (Å²) >= 11 is 0. The van der Waals surface area contributed by atoms with Crippen LogP contribution in [0.5, 0.6) is 0 Å². The van der Waals surface area contributed by atoms with Gasteiger partial charge in [0.05, 0.1) is 17.6 Å². The number of benzene rings is 1. The molecule has 0 aromatic heterocycles. The van der Waals surface area contributed by atoms with Crippen molar-refractivity contribution in [2.45, 2.75) is 19.6 Å². The van der Waals surface area contributed by atoms with Crippen LogP contribution in [0.3, 0.4) is 0 Å². The van der Waals surface area contributed by atoms with Gasteiger partial charge >= 0.3 is 0 Å². The number of hydrogen-bond donors (Lipinski definition) is 1. The molecule has 112 valence electrons. The summed E-state index contributed by atoms with van der Waals surface area (Å²) in [7, 11) is 0. The van der Waals surface area contributed by atoms with Crippen molar-refractivity contribution in [1.29, 1.82) is 5.26 Å². The molecule has 1 aromatic rings. The van der Waals surface area contributed by atoms with Crippen molar-refractivity contribution in [2.24, 2.45) is 0 Å². The van der Waals surface area contributed by atoms with Gasteiger partial charge in [0.15, 0.2) is 6.10 Å². The molecule has 0 radical (unpaired) electrons. The van der Waals surface area contributed by atoms with Crippen molar-refractivity contribution < 1.29 is 9.66 Å². The number of nitro benzene ring substituents is 1. The molecule has 1 N–H and O–H groups in total. The zero-order valence-corrected chi connectivity index (χ0v) is 11.9. The van der Waals surface area contributed by atoms with Gasteiger partial charge in [0.1, 0.15) is 5.69 Å². The molecule has 0 aliphatic carbocycles. The van der Waals surface area contributed by atoms with Crippen LogP contribution < -0.4 is 5.32 Å². The second-order valence-electron chi connectivity index (χ2n) is 4.86. The normalized spacial score (nSPS) is 19.0. The molecular formula is C14H18N4O3. The number of rotatable bonds is 5. The molecule has 1 heterocycles. The molecule has 1 aliphatic rings. The molecule has 1 atom stereocenters. The average Bonchev–Trinajstić information content (AvgIpc) is 2.48. The zero-order chi connectivity index (χ0) is 15.2. The van der Waals surface area contributed by atoms with Gasteiger partial charge in [-0.1, -0.05) is 6.07 Å². The maximum atomic E-state index is 11.0. The minimum atomic E-state index is -0.398. The number of nitrogens with one attached hydrogen (secondary N) is 1. The van der Waals surface area contributed by atoms with E-state index >= 15 is 0 Å². The number of morpholine rings is 1. The van der Waals surface area contributed by atoms with Crippen molar-refractivity contribution in [2.75, 3.05) is 31.6 Å². The van der Waals surface area contributed by atoms with Gasteiger partial charge in [-0.3, -0.25) is 15.0 Å². The second-order valence-corrected chi connectivity index (χ2v) is 4.86. The predicted molar refractivity (Wildman–Crippen MR) is 77.9 cm³/mol. The van der Waals surface area contributed by atoms with E-state index in [-0.39, 0.29) is 10.6 Å². The Balaban J connectivity index is 2.11. The Morgan fingerprint density at radius 2 is 2.43 bits per heavy atom. The maximum absolute atomic E-state index is 11.0. The maximum Gasteiger partial charge on any atom is 0.292 e. The van der Waals surface area contributed by atoms with Crippen molar-refractivity contribution in [3.05, 3.63) is 33.9 Å². The zero-order valence-electron chi connectivity index (χ0n) is 11.9. The topological polar surface area (TPSA) is 91.4 Å². The summed E-state index contributed by atoms with van der Waals surface area (Å²) in [5.41, 5.74) is 1.60. The molecular weight excluding hydrogens is 272 g/mol. The van der Waals surface area contributed by atoms with E-state index < -0.39 is 6.10 Å². The van der Waals surface area contributed by atoms with Crippen LogP contribution in [-0.4, -0.2) is 42.2 Å². The smallest absolute Gasteiger partial charge is 0.292 e. The Bertz CT molecular complexity index is 556. The lowest BCUT2D eigenvalue weighted by atomic mass is 10.1. The Morgan fingerprint density at radius 1 is 1.62 bits per heavy atom. The van der Waals surface area contributed by atoms with E-state index in [9.17, 15) is 10.1 Å². The number of nitriles is 1. The number of anilines is 1. The van der Waals surface area contributed by atoms with E-state index in [0.717, 1.165) is 12.1 Å². The van der Waals surface area contributed by atoms with Gasteiger partial charge in [0.25, 0.3) is 5.69 Å². The highest BCUT2D eigenvalue weighted by molar-refractivity contribution is 5.62. The minimum absolute atomic E-state index is 0.0810. The molecule has 2 rings (SSSR count). The average molecular weight is 290 g/mol. The lowest BCUT2D eigenvalue weighted by Crippen LogP contribution is -2.41. The molecule has 1 fully saturated rings. The van der Waals surface area contributed by atoms with Crippen LogP contribution in [-0.2, 0) is 11.3 Å². The van der Waals surface area contributed by atoms with Crippen LogP contribution in [0.25, 0.3) is 0 Å². The highest BCUT2D eigenvalue weighted by Crippen LogP contribution is 2.26. The lowest BCUT2D eigenvalue weighted by Gasteiger charge is -2.29. The van der Waals surface area contributed by atoms with Crippen LogP contribution >= 0.6 is 0 Å². The fourth-order valence-electron chi connectivity index (χ4n) is 2.36. The Morgan fingerprint density at radius 3 is 3.10 bits per heavy atom. The molecule has 7 nitrogen and oxygen atoms in total. The summed E-state index contributed by atoms with van der Waals surface area (Å²) in [6.07, 6.45) is -0.398. The molecule has 1 saturated heterocycles. The number of nitrogens with zero attached hydrogens (tertiary/aromatic N) is 3. The highest BCUT2D eigenvalue weighted by atomic mass is 16.6. The van der Waals surface area contributed by atoms with Gasteiger partial charge in [-0.2, -0.15) is 5.26 Å². The molecule has 7 heteroatoms. The summed E-state index contributed by atoms with van der Waals surface area (Å²) < 4.78 is 5.30. The molecule has 0 amide bonds. The lowest BCUT2D eigenvalue weighted by molar-refractivity contribution is -0.384. The highest BCUT2D eigenvalue weighted by Gasteiger charge is 2.21. The second kappa shape index (κ2) is 7.02. The SMILES string of the molecule is CCNc1cc(CN2CCOC(C#N)C2)ccc1[N+](=O)[O-]. The molecule has 0 saturated carbocycles. The largest absolute Gasteiger partial charge is 0.380 e. The summed E-state index contributed by atoms with van der Waals surface area (Å²) in [5, 5.41) is 22.9. The first-order chi connectivity index (χ1) is 10.1. The number of nitro groups is 1. The Hall–Kier alpha value is -2.17. The van der Waals surface area contributed by atoms with Crippen LogP contribution in [0, 0.1) is 21.4 Å².